The molecule has 0 fully saturated rings. The number of benzene rings is 1. The van der Waals surface area contributed by atoms with E-state index in [1.54, 1.807) is 0 Å². The first-order valence-electron chi connectivity index (χ1n) is 6.20. The molecule has 0 saturated heterocycles. The lowest BCUT2D eigenvalue weighted by molar-refractivity contribution is 0.302. The van der Waals surface area contributed by atoms with Crippen LogP contribution in [-0.4, -0.2) is 6.61 Å². The Morgan fingerprint density at radius 2 is 2.00 bits per heavy atom. The van der Waals surface area contributed by atoms with Gasteiger partial charge in [0.2, 0.25) is 0 Å². The minimum absolute atomic E-state index is 0.546. The van der Waals surface area contributed by atoms with Crippen LogP contribution in [0.3, 0.4) is 0 Å². The number of unbranched alkanes of at least 4 members (excludes halogenated alkanes) is 3. The van der Waals surface area contributed by atoms with Crippen molar-refractivity contribution in [1.82, 2.24) is 0 Å². The topological polar surface area (TPSA) is 35.2 Å². The van der Waals surface area contributed by atoms with Gasteiger partial charge in [-0.3, -0.25) is 0 Å². The molecule has 0 aliphatic carbocycles. The van der Waals surface area contributed by atoms with Gasteiger partial charge >= 0.3 is 0 Å². The molecule has 0 bridgehead atoms. The fraction of sp³-hybridized carbons (Fsp3) is 0.571. The van der Waals surface area contributed by atoms with E-state index >= 15 is 0 Å². The first-order chi connectivity index (χ1) is 7.77. The Morgan fingerprint density at radius 1 is 1.19 bits per heavy atom. The number of ether oxygens (including phenoxy) is 1. The van der Waals surface area contributed by atoms with E-state index in [0.29, 0.717) is 6.54 Å². The van der Waals surface area contributed by atoms with E-state index in [9.17, 15) is 0 Å². The van der Waals surface area contributed by atoms with Crippen molar-refractivity contribution in [2.75, 3.05) is 6.61 Å². The van der Waals surface area contributed by atoms with Gasteiger partial charge in [-0.25, -0.2) is 0 Å². The zero-order valence-corrected chi connectivity index (χ0v) is 10.5. The van der Waals surface area contributed by atoms with Crippen molar-refractivity contribution in [2.45, 2.75) is 46.1 Å². The zero-order chi connectivity index (χ0) is 11.8. The number of rotatable bonds is 7. The second-order valence-electron chi connectivity index (χ2n) is 4.22. The number of nitrogens with two attached hydrogens (primary N) is 1. The molecule has 0 spiro atoms. The van der Waals surface area contributed by atoms with Gasteiger partial charge in [0.1, 0.15) is 5.75 Å². The van der Waals surface area contributed by atoms with E-state index in [2.05, 4.69) is 32.0 Å². The molecule has 1 rings (SSSR count). The summed E-state index contributed by atoms with van der Waals surface area (Å²) in [5.41, 5.74) is 7.99. The van der Waals surface area contributed by atoms with E-state index in [-0.39, 0.29) is 0 Å². The maximum absolute atomic E-state index is 5.78. The quantitative estimate of drug-likeness (QED) is 0.716. The molecule has 1 aromatic carbocycles. The van der Waals surface area contributed by atoms with Crippen molar-refractivity contribution in [2.24, 2.45) is 5.73 Å². The molecule has 0 aliphatic heterocycles. The molecular weight excluding hydrogens is 198 g/mol. The first-order valence-corrected chi connectivity index (χ1v) is 6.20. The molecule has 0 radical (unpaired) electrons. The van der Waals surface area contributed by atoms with Crippen LogP contribution in [0.1, 0.15) is 43.7 Å². The van der Waals surface area contributed by atoms with Crippen LogP contribution in [0, 0.1) is 6.92 Å². The van der Waals surface area contributed by atoms with Crippen LogP contribution >= 0.6 is 0 Å². The summed E-state index contributed by atoms with van der Waals surface area (Å²) in [6.07, 6.45) is 4.94. The van der Waals surface area contributed by atoms with Crippen molar-refractivity contribution >= 4 is 0 Å². The van der Waals surface area contributed by atoms with Crippen LogP contribution in [0.25, 0.3) is 0 Å². The Balaban J connectivity index is 2.42. The van der Waals surface area contributed by atoms with Gasteiger partial charge in [0.05, 0.1) is 6.61 Å². The van der Waals surface area contributed by atoms with Crippen molar-refractivity contribution < 1.29 is 4.74 Å². The fourth-order valence-electron chi connectivity index (χ4n) is 1.68. The van der Waals surface area contributed by atoms with Gasteiger partial charge in [-0.1, -0.05) is 38.3 Å². The van der Waals surface area contributed by atoms with Crippen molar-refractivity contribution in [3.8, 4) is 5.75 Å². The van der Waals surface area contributed by atoms with Crippen LogP contribution < -0.4 is 10.5 Å². The summed E-state index contributed by atoms with van der Waals surface area (Å²) in [7, 11) is 0. The number of hydrogen-bond acceptors (Lipinski definition) is 2. The molecule has 2 nitrogen and oxygen atoms in total. The van der Waals surface area contributed by atoms with Crippen molar-refractivity contribution in [1.29, 1.82) is 0 Å². The predicted octanol–water partition coefficient (Wildman–Crippen LogP) is 3.41. The molecular formula is C14H23NO. The number of aryl methyl sites for hydroxylation is 1. The van der Waals surface area contributed by atoms with Gasteiger partial charge in [0.25, 0.3) is 0 Å². The summed E-state index contributed by atoms with van der Waals surface area (Å²) in [5.74, 6) is 0.957. The molecule has 2 heteroatoms. The maximum atomic E-state index is 5.78. The Morgan fingerprint density at radius 3 is 2.69 bits per heavy atom. The summed E-state index contributed by atoms with van der Waals surface area (Å²) in [4.78, 5) is 0. The molecule has 2 N–H and O–H groups in total. The van der Waals surface area contributed by atoms with Gasteiger partial charge in [0.15, 0.2) is 0 Å². The summed E-state index contributed by atoms with van der Waals surface area (Å²) in [6, 6.07) is 6.20. The van der Waals surface area contributed by atoms with Gasteiger partial charge in [-0.15, -0.1) is 0 Å². The Bertz CT molecular complexity index is 310. The van der Waals surface area contributed by atoms with Crippen LogP contribution in [0.5, 0.6) is 5.75 Å². The van der Waals surface area contributed by atoms with Crippen LogP contribution in [-0.2, 0) is 6.54 Å². The minimum Gasteiger partial charge on any atom is -0.493 e. The lowest BCUT2D eigenvalue weighted by Gasteiger charge is -2.11. The third-order valence-electron chi connectivity index (χ3n) is 2.70. The standard InChI is InChI=1S/C14H23NO/c1-3-4-5-6-9-16-14-10-12(2)7-8-13(14)11-15/h7-8,10H,3-6,9,11,15H2,1-2H3. The Labute approximate surface area is 98.8 Å². The molecule has 0 unspecified atom stereocenters. The molecule has 1 aromatic rings. The second-order valence-corrected chi connectivity index (χ2v) is 4.22. The van der Waals surface area contributed by atoms with Gasteiger partial charge in [-0.05, 0) is 25.0 Å². The first kappa shape index (κ1) is 13.0. The smallest absolute Gasteiger partial charge is 0.124 e. The highest BCUT2D eigenvalue weighted by Crippen LogP contribution is 2.20. The summed E-state index contributed by atoms with van der Waals surface area (Å²) in [6.45, 7) is 5.64. The highest BCUT2D eigenvalue weighted by molar-refractivity contribution is 5.36. The van der Waals surface area contributed by atoms with Crippen molar-refractivity contribution in [3.63, 3.8) is 0 Å². The van der Waals surface area contributed by atoms with Gasteiger partial charge in [0, 0.05) is 12.1 Å². The zero-order valence-electron chi connectivity index (χ0n) is 10.5. The molecule has 0 heterocycles. The summed E-state index contributed by atoms with van der Waals surface area (Å²) < 4.78 is 5.78. The van der Waals surface area contributed by atoms with E-state index < -0.39 is 0 Å². The average Bonchev–Trinajstić information content (AvgIpc) is 2.29. The van der Waals surface area contributed by atoms with Gasteiger partial charge < -0.3 is 10.5 Å². The largest absolute Gasteiger partial charge is 0.493 e. The molecule has 0 aliphatic rings. The highest BCUT2D eigenvalue weighted by Gasteiger charge is 2.02. The normalized spacial score (nSPS) is 10.4. The Kier molecular flexibility index (Phi) is 5.94. The average molecular weight is 221 g/mol. The lowest BCUT2D eigenvalue weighted by Crippen LogP contribution is -2.04. The second kappa shape index (κ2) is 7.29. The summed E-state index contributed by atoms with van der Waals surface area (Å²) >= 11 is 0. The van der Waals surface area contributed by atoms with E-state index in [1.807, 2.05) is 0 Å². The number of hydrogen-bond donors (Lipinski definition) is 1. The summed E-state index contributed by atoms with van der Waals surface area (Å²) in [5, 5.41) is 0. The minimum atomic E-state index is 0.546. The van der Waals surface area contributed by atoms with E-state index in [1.165, 1.54) is 24.8 Å². The monoisotopic (exact) mass is 221 g/mol. The fourth-order valence-corrected chi connectivity index (χ4v) is 1.68. The van der Waals surface area contributed by atoms with Crippen LogP contribution in [0.15, 0.2) is 18.2 Å². The van der Waals surface area contributed by atoms with E-state index in [4.69, 9.17) is 10.5 Å². The van der Waals surface area contributed by atoms with Crippen LogP contribution in [0.2, 0.25) is 0 Å². The van der Waals surface area contributed by atoms with E-state index in [0.717, 1.165) is 24.3 Å². The third kappa shape index (κ3) is 4.23. The molecule has 0 saturated carbocycles. The molecule has 0 atom stereocenters. The molecule has 90 valence electrons. The van der Waals surface area contributed by atoms with Gasteiger partial charge in [-0.2, -0.15) is 0 Å². The highest BCUT2D eigenvalue weighted by atomic mass is 16.5. The molecule has 0 amide bonds. The molecule has 0 aromatic heterocycles. The lowest BCUT2D eigenvalue weighted by atomic mass is 10.1. The SMILES string of the molecule is CCCCCCOc1cc(C)ccc1CN. The molecule has 16 heavy (non-hydrogen) atoms. The maximum Gasteiger partial charge on any atom is 0.124 e. The van der Waals surface area contributed by atoms with Crippen molar-refractivity contribution in [3.05, 3.63) is 29.3 Å². The Hall–Kier alpha value is -1.02. The van der Waals surface area contributed by atoms with Crippen LogP contribution in [0.4, 0.5) is 0 Å². The predicted molar refractivity (Wildman–Crippen MR) is 68.7 cm³/mol. The third-order valence-corrected chi connectivity index (χ3v) is 2.70.